The molecule has 0 N–H and O–H groups in total. The van der Waals surface area contributed by atoms with Gasteiger partial charge in [0.05, 0.1) is 0 Å². The standard InChI is InChI=1S/C10H6N4S2/c1-2-8(10-6-16-14-12-10)4-3-7(1)9-5-15-13-11-9/h1-6H. The molecule has 0 spiro atoms. The third-order valence-corrected chi connectivity index (χ3v) is 3.21. The van der Waals surface area contributed by atoms with Crippen molar-refractivity contribution >= 4 is 23.1 Å². The lowest BCUT2D eigenvalue weighted by atomic mass is 10.1. The van der Waals surface area contributed by atoms with Crippen molar-refractivity contribution in [3.63, 3.8) is 0 Å². The summed E-state index contributed by atoms with van der Waals surface area (Å²) in [5, 5.41) is 11.9. The van der Waals surface area contributed by atoms with Gasteiger partial charge in [-0.25, -0.2) is 0 Å². The van der Waals surface area contributed by atoms with Gasteiger partial charge in [0.25, 0.3) is 0 Å². The van der Waals surface area contributed by atoms with E-state index in [0.29, 0.717) is 0 Å². The molecule has 0 aliphatic rings. The zero-order valence-electron chi connectivity index (χ0n) is 8.07. The molecule has 1 aromatic carbocycles. The van der Waals surface area contributed by atoms with Gasteiger partial charge in [-0.2, -0.15) is 0 Å². The fraction of sp³-hybridized carbons (Fsp3) is 0. The number of hydrogen-bond donors (Lipinski definition) is 0. The number of benzene rings is 1. The van der Waals surface area contributed by atoms with Crippen LogP contribution < -0.4 is 0 Å². The first-order chi connectivity index (χ1) is 7.93. The van der Waals surface area contributed by atoms with Crippen LogP contribution in [0.5, 0.6) is 0 Å². The molecule has 3 rings (SSSR count). The van der Waals surface area contributed by atoms with E-state index >= 15 is 0 Å². The van der Waals surface area contributed by atoms with E-state index in [-0.39, 0.29) is 0 Å². The molecule has 0 radical (unpaired) electrons. The third kappa shape index (κ3) is 1.72. The Morgan fingerprint density at radius 3 is 1.44 bits per heavy atom. The van der Waals surface area contributed by atoms with Crippen molar-refractivity contribution in [1.82, 2.24) is 19.2 Å². The molecule has 0 unspecified atom stereocenters. The normalized spacial score (nSPS) is 10.5. The lowest BCUT2D eigenvalue weighted by molar-refractivity contribution is 1.16. The van der Waals surface area contributed by atoms with Crippen LogP contribution in [0.3, 0.4) is 0 Å². The zero-order chi connectivity index (χ0) is 10.8. The van der Waals surface area contributed by atoms with E-state index < -0.39 is 0 Å². The maximum atomic E-state index is 4.02. The summed E-state index contributed by atoms with van der Waals surface area (Å²) in [4.78, 5) is 0. The van der Waals surface area contributed by atoms with Crippen molar-refractivity contribution in [1.29, 1.82) is 0 Å². The smallest absolute Gasteiger partial charge is 0.105 e. The quantitative estimate of drug-likeness (QED) is 0.697. The van der Waals surface area contributed by atoms with E-state index in [0.717, 1.165) is 22.5 Å². The van der Waals surface area contributed by atoms with Crippen LogP contribution in [0.15, 0.2) is 35.0 Å². The van der Waals surface area contributed by atoms with E-state index in [9.17, 15) is 0 Å². The van der Waals surface area contributed by atoms with Crippen LogP contribution in [0.2, 0.25) is 0 Å². The molecule has 0 aliphatic carbocycles. The minimum absolute atomic E-state index is 0.910. The van der Waals surface area contributed by atoms with Gasteiger partial charge in [0.15, 0.2) is 0 Å². The molecule has 2 heterocycles. The summed E-state index contributed by atoms with van der Waals surface area (Å²) in [6, 6.07) is 8.08. The van der Waals surface area contributed by atoms with Gasteiger partial charge in [0.2, 0.25) is 0 Å². The van der Waals surface area contributed by atoms with E-state index in [2.05, 4.69) is 19.2 Å². The van der Waals surface area contributed by atoms with Gasteiger partial charge >= 0.3 is 0 Å². The van der Waals surface area contributed by atoms with Crippen molar-refractivity contribution in [2.75, 3.05) is 0 Å². The van der Waals surface area contributed by atoms with Gasteiger partial charge in [-0.1, -0.05) is 33.2 Å². The number of hydrogen-bond acceptors (Lipinski definition) is 6. The lowest BCUT2D eigenvalue weighted by Gasteiger charge is -1.98. The Morgan fingerprint density at radius 2 is 1.12 bits per heavy atom. The minimum Gasteiger partial charge on any atom is -0.138 e. The maximum Gasteiger partial charge on any atom is 0.105 e. The maximum absolute atomic E-state index is 4.02. The van der Waals surface area contributed by atoms with Crippen molar-refractivity contribution in [2.24, 2.45) is 0 Å². The zero-order valence-corrected chi connectivity index (χ0v) is 9.70. The van der Waals surface area contributed by atoms with Crippen molar-refractivity contribution in [3.05, 3.63) is 35.0 Å². The second kappa shape index (κ2) is 4.07. The number of aromatic nitrogens is 4. The number of rotatable bonds is 2. The molecule has 2 aromatic heterocycles. The molecule has 0 saturated carbocycles. The summed E-state index contributed by atoms with van der Waals surface area (Å²) < 4.78 is 7.68. The summed E-state index contributed by atoms with van der Waals surface area (Å²) in [6.45, 7) is 0. The Hall–Kier alpha value is -1.66. The molecule has 3 aromatic rings. The summed E-state index contributed by atoms with van der Waals surface area (Å²) >= 11 is 2.71. The molecule has 0 atom stereocenters. The fourth-order valence-electron chi connectivity index (χ4n) is 1.39. The fourth-order valence-corrected chi connectivity index (χ4v) is 2.32. The predicted octanol–water partition coefficient (Wildman–Crippen LogP) is 2.72. The highest BCUT2D eigenvalue weighted by Gasteiger charge is 2.03. The van der Waals surface area contributed by atoms with Crippen LogP contribution in [0.4, 0.5) is 0 Å². The van der Waals surface area contributed by atoms with Gasteiger partial charge in [-0.3, -0.25) is 0 Å². The molecule has 78 valence electrons. The Bertz CT molecular complexity index is 504. The first kappa shape index (κ1) is 9.56. The van der Waals surface area contributed by atoms with Gasteiger partial charge in [0, 0.05) is 21.9 Å². The first-order valence-electron chi connectivity index (χ1n) is 4.58. The van der Waals surface area contributed by atoms with E-state index in [4.69, 9.17) is 0 Å². The average molecular weight is 246 g/mol. The summed E-state index contributed by atoms with van der Waals surface area (Å²) in [6.07, 6.45) is 0. The Labute approximate surface area is 99.9 Å². The van der Waals surface area contributed by atoms with E-state index in [1.807, 2.05) is 35.0 Å². The monoisotopic (exact) mass is 246 g/mol. The highest BCUT2D eigenvalue weighted by Crippen LogP contribution is 2.23. The van der Waals surface area contributed by atoms with Gasteiger partial charge in [0.1, 0.15) is 11.4 Å². The first-order valence-corrected chi connectivity index (χ1v) is 6.26. The van der Waals surface area contributed by atoms with Crippen molar-refractivity contribution in [3.8, 4) is 22.5 Å². The highest BCUT2D eigenvalue weighted by molar-refractivity contribution is 7.03. The van der Waals surface area contributed by atoms with Gasteiger partial charge < -0.3 is 0 Å². The third-order valence-electron chi connectivity index (χ3n) is 2.20. The molecule has 0 aliphatic heterocycles. The van der Waals surface area contributed by atoms with E-state index in [1.54, 1.807) is 0 Å². The second-order valence-corrected chi connectivity index (χ2v) is 4.38. The van der Waals surface area contributed by atoms with Crippen molar-refractivity contribution < 1.29 is 0 Å². The molecule has 0 bridgehead atoms. The topological polar surface area (TPSA) is 51.6 Å². The Morgan fingerprint density at radius 1 is 0.688 bits per heavy atom. The molecule has 0 fully saturated rings. The molecule has 6 heteroatoms. The second-order valence-electron chi connectivity index (χ2n) is 3.16. The van der Waals surface area contributed by atoms with Gasteiger partial charge in [-0.15, -0.1) is 10.2 Å². The Kier molecular flexibility index (Phi) is 2.43. The lowest BCUT2D eigenvalue weighted by Crippen LogP contribution is -1.80. The predicted molar refractivity (Wildman–Crippen MR) is 64.2 cm³/mol. The average Bonchev–Trinajstić information content (AvgIpc) is 3.03. The van der Waals surface area contributed by atoms with E-state index in [1.165, 1.54) is 23.1 Å². The highest BCUT2D eigenvalue weighted by atomic mass is 32.1. The SMILES string of the molecule is c1cc(-c2csnn2)ccc1-c1csnn1. The Balaban J connectivity index is 1.97. The minimum atomic E-state index is 0.910. The van der Waals surface area contributed by atoms with Crippen LogP contribution in [0.1, 0.15) is 0 Å². The summed E-state index contributed by atoms with van der Waals surface area (Å²) in [5.74, 6) is 0. The molecule has 0 saturated heterocycles. The molecule has 4 nitrogen and oxygen atoms in total. The molecular weight excluding hydrogens is 240 g/mol. The molecule has 16 heavy (non-hydrogen) atoms. The summed E-state index contributed by atoms with van der Waals surface area (Å²) in [7, 11) is 0. The van der Waals surface area contributed by atoms with Crippen LogP contribution >= 0.6 is 23.1 Å². The molecule has 0 amide bonds. The van der Waals surface area contributed by atoms with Gasteiger partial charge in [-0.05, 0) is 23.1 Å². The largest absolute Gasteiger partial charge is 0.138 e. The molecular formula is C10H6N4S2. The van der Waals surface area contributed by atoms with Crippen molar-refractivity contribution in [2.45, 2.75) is 0 Å². The number of nitrogens with zero attached hydrogens (tertiary/aromatic N) is 4. The van der Waals surface area contributed by atoms with Crippen LogP contribution in [0.25, 0.3) is 22.5 Å². The van der Waals surface area contributed by atoms with Crippen LogP contribution in [0, 0.1) is 0 Å². The van der Waals surface area contributed by atoms with Crippen LogP contribution in [-0.4, -0.2) is 19.2 Å². The summed E-state index contributed by atoms with van der Waals surface area (Å²) in [5.41, 5.74) is 3.96. The van der Waals surface area contributed by atoms with Crippen LogP contribution in [-0.2, 0) is 0 Å².